The SMILES string of the molecule is CC(C)C1N(C(=O)C(COC(C)(C)C)CN2C(=O)c3ccccc3C2=O)C(=O)OC1(c1ccccc1)c1ccccc1. The van der Waals surface area contributed by atoms with E-state index in [0.29, 0.717) is 11.1 Å². The number of imide groups is 2. The van der Waals surface area contributed by atoms with Crippen LogP contribution in [0.1, 0.15) is 66.5 Å². The molecule has 5 rings (SSSR count). The van der Waals surface area contributed by atoms with Crippen molar-refractivity contribution in [2.75, 3.05) is 13.2 Å². The van der Waals surface area contributed by atoms with Crippen LogP contribution in [-0.4, -0.2) is 58.4 Å². The first-order valence-electron chi connectivity index (χ1n) is 14.2. The van der Waals surface area contributed by atoms with Crippen molar-refractivity contribution in [3.8, 4) is 0 Å². The quantitative estimate of drug-likeness (QED) is 0.326. The number of fused-ring (bicyclic) bond motifs is 1. The van der Waals surface area contributed by atoms with E-state index < -0.39 is 47.0 Å². The molecule has 1 fully saturated rings. The van der Waals surface area contributed by atoms with Crippen molar-refractivity contribution in [1.29, 1.82) is 0 Å². The Labute approximate surface area is 246 Å². The molecule has 8 nitrogen and oxygen atoms in total. The summed E-state index contributed by atoms with van der Waals surface area (Å²) in [4.78, 5) is 57.1. The number of carbonyl (C=O) groups excluding carboxylic acids is 4. The molecule has 2 heterocycles. The van der Waals surface area contributed by atoms with Gasteiger partial charge < -0.3 is 9.47 Å². The van der Waals surface area contributed by atoms with Gasteiger partial charge >= 0.3 is 6.09 Å². The van der Waals surface area contributed by atoms with Crippen molar-refractivity contribution in [3.05, 3.63) is 107 Å². The topological polar surface area (TPSA) is 93.2 Å². The van der Waals surface area contributed by atoms with Gasteiger partial charge in [0.15, 0.2) is 5.60 Å². The second kappa shape index (κ2) is 11.2. The standard InChI is InChI=1S/C34H36N2O6/c1-22(2)28-34(24-14-8-6-9-15-24,25-16-10-7-11-17-25)42-32(40)36(28)29(37)23(21-41-33(3,4)5)20-35-30(38)26-18-12-13-19-27(26)31(35)39/h6-19,22-23,28H,20-21H2,1-5H3. The average molecular weight is 569 g/mol. The van der Waals surface area contributed by atoms with Gasteiger partial charge in [-0.25, -0.2) is 9.69 Å². The van der Waals surface area contributed by atoms with Gasteiger partial charge in [0.25, 0.3) is 11.8 Å². The molecule has 0 bridgehead atoms. The Kier molecular flexibility index (Phi) is 7.77. The summed E-state index contributed by atoms with van der Waals surface area (Å²) in [5.41, 5.74) is 0.176. The van der Waals surface area contributed by atoms with E-state index >= 15 is 0 Å². The highest BCUT2D eigenvalue weighted by molar-refractivity contribution is 6.21. The minimum Gasteiger partial charge on any atom is -0.430 e. The van der Waals surface area contributed by atoms with Crippen LogP contribution in [0.4, 0.5) is 4.79 Å². The molecule has 4 amide bonds. The molecule has 0 aromatic heterocycles. The lowest BCUT2D eigenvalue weighted by molar-refractivity contribution is -0.139. The summed E-state index contributed by atoms with van der Waals surface area (Å²) >= 11 is 0. The lowest BCUT2D eigenvalue weighted by atomic mass is 9.75. The number of amides is 4. The third-order valence-electron chi connectivity index (χ3n) is 7.76. The first-order chi connectivity index (χ1) is 20.0. The van der Waals surface area contributed by atoms with Crippen molar-refractivity contribution in [1.82, 2.24) is 9.80 Å². The summed E-state index contributed by atoms with van der Waals surface area (Å²) in [5, 5.41) is 0. The number of carbonyl (C=O) groups is 4. The van der Waals surface area contributed by atoms with Crippen LogP contribution in [-0.2, 0) is 19.9 Å². The van der Waals surface area contributed by atoms with Crippen LogP contribution in [0.5, 0.6) is 0 Å². The highest BCUT2D eigenvalue weighted by atomic mass is 16.6. The van der Waals surface area contributed by atoms with Gasteiger partial charge in [-0.1, -0.05) is 86.6 Å². The van der Waals surface area contributed by atoms with Gasteiger partial charge in [-0.05, 0) is 38.8 Å². The Balaban J connectivity index is 1.56. The zero-order chi connectivity index (χ0) is 30.2. The summed E-state index contributed by atoms with van der Waals surface area (Å²) in [7, 11) is 0. The Hall–Kier alpha value is -4.30. The van der Waals surface area contributed by atoms with Crippen molar-refractivity contribution in [2.24, 2.45) is 11.8 Å². The molecule has 218 valence electrons. The smallest absolute Gasteiger partial charge is 0.418 e. The Morgan fingerprint density at radius 3 is 1.76 bits per heavy atom. The number of nitrogens with zero attached hydrogens (tertiary/aromatic N) is 2. The van der Waals surface area contributed by atoms with Gasteiger partial charge in [-0.2, -0.15) is 0 Å². The maximum atomic E-state index is 14.5. The number of hydrogen-bond donors (Lipinski definition) is 0. The van der Waals surface area contributed by atoms with E-state index in [9.17, 15) is 19.2 Å². The van der Waals surface area contributed by atoms with E-state index in [-0.39, 0.29) is 19.1 Å². The van der Waals surface area contributed by atoms with E-state index in [1.165, 1.54) is 4.90 Å². The maximum Gasteiger partial charge on any atom is 0.418 e. The summed E-state index contributed by atoms with van der Waals surface area (Å²) in [6.45, 7) is 9.11. The largest absolute Gasteiger partial charge is 0.430 e. The second-order valence-corrected chi connectivity index (χ2v) is 12.1. The molecule has 2 unspecified atom stereocenters. The third-order valence-corrected chi connectivity index (χ3v) is 7.76. The molecule has 2 aliphatic rings. The number of rotatable bonds is 8. The lowest BCUT2D eigenvalue weighted by Gasteiger charge is -2.38. The summed E-state index contributed by atoms with van der Waals surface area (Å²) in [5.74, 6) is -2.74. The Bertz CT molecular complexity index is 1420. The fraction of sp³-hybridized carbons (Fsp3) is 0.353. The van der Waals surface area contributed by atoms with Gasteiger partial charge in [-0.15, -0.1) is 0 Å². The number of benzene rings is 3. The minimum atomic E-state index is -1.27. The zero-order valence-electron chi connectivity index (χ0n) is 24.6. The first-order valence-corrected chi connectivity index (χ1v) is 14.2. The third kappa shape index (κ3) is 5.11. The molecule has 2 aliphatic heterocycles. The average Bonchev–Trinajstić information content (AvgIpc) is 3.42. The predicted molar refractivity (Wildman–Crippen MR) is 157 cm³/mol. The lowest BCUT2D eigenvalue weighted by Crippen LogP contribution is -2.53. The van der Waals surface area contributed by atoms with E-state index in [1.807, 2.05) is 95.3 Å². The van der Waals surface area contributed by atoms with E-state index in [4.69, 9.17) is 9.47 Å². The second-order valence-electron chi connectivity index (χ2n) is 12.1. The normalized spacial score (nSPS) is 18.8. The molecule has 42 heavy (non-hydrogen) atoms. The van der Waals surface area contributed by atoms with Crippen LogP contribution in [0.3, 0.4) is 0 Å². The molecule has 2 atom stereocenters. The highest BCUT2D eigenvalue weighted by Crippen LogP contribution is 2.47. The Morgan fingerprint density at radius 1 is 0.833 bits per heavy atom. The Morgan fingerprint density at radius 2 is 1.31 bits per heavy atom. The van der Waals surface area contributed by atoms with Gasteiger partial charge in [0.1, 0.15) is 0 Å². The van der Waals surface area contributed by atoms with E-state index in [0.717, 1.165) is 16.0 Å². The van der Waals surface area contributed by atoms with Crippen LogP contribution >= 0.6 is 0 Å². The van der Waals surface area contributed by atoms with Gasteiger partial charge in [0.05, 0.1) is 35.3 Å². The van der Waals surface area contributed by atoms with Gasteiger partial charge in [-0.3, -0.25) is 19.3 Å². The van der Waals surface area contributed by atoms with Crippen LogP contribution in [0.2, 0.25) is 0 Å². The molecule has 3 aromatic carbocycles. The molecule has 1 saturated heterocycles. The summed E-state index contributed by atoms with van der Waals surface area (Å²) in [6.07, 6.45) is -0.783. The molecule has 3 aromatic rings. The van der Waals surface area contributed by atoms with Crippen molar-refractivity contribution in [3.63, 3.8) is 0 Å². The first kappa shape index (κ1) is 29.2. The number of ether oxygens (including phenoxy) is 2. The molecule has 0 N–H and O–H groups in total. The zero-order valence-corrected chi connectivity index (χ0v) is 24.6. The molecule has 8 heteroatoms. The molecule has 0 saturated carbocycles. The number of hydrogen-bond acceptors (Lipinski definition) is 6. The van der Waals surface area contributed by atoms with Crippen LogP contribution in [0.15, 0.2) is 84.9 Å². The minimum absolute atomic E-state index is 0.103. The van der Waals surface area contributed by atoms with E-state index in [2.05, 4.69) is 0 Å². The van der Waals surface area contributed by atoms with Crippen molar-refractivity contribution >= 4 is 23.8 Å². The summed E-state index contributed by atoms with van der Waals surface area (Å²) < 4.78 is 12.3. The molecule has 0 radical (unpaired) electrons. The van der Waals surface area contributed by atoms with Crippen LogP contribution < -0.4 is 0 Å². The van der Waals surface area contributed by atoms with E-state index in [1.54, 1.807) is 24.3 Å². The fourth-order valence-electron chi connectivity index (χ4n) is 5.91. The van der Waals surface area contributed by atoms with Gasteiger partial charge in [0, 0.05) is 17.7 Å². The molecule has 0 spiro atoms. The van der Waals surface area contributed by atoms with Crippen molar-refractivity contribution in [2.45, 2.75) is 51.9 Å². The number of cyclic esters (lactones) is 1. The molecular weight excluding hydrogens is 532 g/mol. The predicted octanol–water partition coefficient (Wildman–Crippen LogP) is 5.66. The molecule has 0 aliphatic carbocycles. The summed E-state index contributed by atoms with van der Waals surface area (Å²) in [6, 6.07) is 24.7. The van der Waals surface area contributed by atoms with Gasteiger partial charge in [0.2, 0.25) is 5.91 Å². The monoisotopic (exact) mass is 568 g/mol. The maximum absolute atomic E-state index is 14.5. The fourth-order valence-corrected chi connectivity index (χ4v) is 5.91. The van der Waals surface area contributed by atoms with Crippen molar-refractivity contribution < 1.29 is 28.7 Å². The molecular formula is C34H36N2O6. The van der Waals surface area contributed by atoms with Crippen LogP contribution in [0.25, 0.3) is 0 Å². The van der Waals surface area contributed by atoms with Crippen LogP contribution in [0, 0.1) is 11.8 Å². The highest BCUT2D eigenvalue weighted by Gasteiger charge is 2.60.